The van der Waals surface area contributed by atoms with Crippen LogP contribution in [0.25, 0.3) is 33.4 Å². The first-order chi connectivity index (χ1) is 32.1. The molecule has 7 aliphatic carbocycles. The summed E-state index contributed by atoms with van der Waals surface area (Å²) in [5.74, 6) is 6.21. The molecule has 1 aromatic heterocycles. The number of Topliss-reactive ketones (excluding diaryl/α,β-unsaturated/α-hetero) is 2. The molecule has 0 spiro atoms. The van der Waals surface area contributed by atoms with Crippen molar-refractivity contribution in [3.8, 4) is 46.5 Å². The molecule has 11 rings (SSSR count). The summed E-state index contributed by atoms with van der Waals surface area (Å²) in [6, 6.07) is 20.6. The van der Waals surface area contributed by atoms with E-state index >= 15 is 0 Å². The van der Waals surface area contributed by atoms with Gasteiger partial charge in [0.25, 0.3) is 0 Å². The quantitative estimate of drug-likeness (QED) is 0.151. The van der Waals surface area contributed by atoms with E-state index in [0.717, 1.165) is 79.6 Å². The zero-order valence-electron chi connectivity index (χ0n) is 40.6. The number of allylic oxidation sites excluding steroid dienone is 2. The van der Waals surface area contributed by atoms with E-state index in [2.05, 4.69) is 65.8 Å². The molecule has 12 atom stereocenters. The van der Waals surface area contributed by atoms with Crippen molar-refractivity contribution in [2.24, 2.45) is 65.1 Å². The van der Waals surface area contributed by atoms with E-state index in [0.29, 0.717) is 76.0 Å². The van der Waals surface area contributed by atoms with Crippen LogP contribution in [-0.2, 0) is 9.59 Å². The molecular formula is C60H60N4O2S. The van der Waals surface area contributed by atoms with Crippen molar-refractivity contribution in [2.45, 2.75) is 114 Å². The average molecular weight is 901 g/mol. The molecule has 6 nitrogen and oxygen atoms in total. The molecule has 4 aromatic rings. The fourth-order valence-electron chi connectivity index (χ4n) is 15.6. The van der Waals surface area contributed by atoms with Gasteiger partial charge in [0, 0.05) is 44.6 Å². The predicted octanol–water partition coefficient (Wildman–Crippen LogP) is 13.7. The predicted molar refractivity (Wildman–Crippen MR) is 265 cm³/mol. The summed E-state index contributed by atoms with van der Waals surface area (Å²) in [7, 11) is 0. The molecule has 7 aliphatic rings. The average Bonchev–Trinajstić information content (AvgIpc) is 4.07. The molecule has 0 amide bonds. The summed E-state index contributed by atoms with van der Waals surface area (Å²) in [5, 5.41) is 39.3. The number of hydrogen-bond acceptors (Lipinski definition) is 7. The Kier molecular flexibility index (Phi) is 11.0. The van der Waals surface area contributed by atoms with Gasteiger partial charge >= 0.3 is 0 Å². The zero-order valence-corrected chi connectivity index (χ0v) is 41.5. The van der Waals surface area contributed by atoms with Crippen molar-refractivity contribution in [1.29, 1.82) is 21.0 Å². The van der Waals surface area contributed by atoms with Crippen LogP contribution in [0, 0.1) is 159 Å². The van der Waals surface area contributed by atoms with Crippen molar-refractivity contribution in [3.63, 3.8) is 0 Å². The van der Waals surface area contributed by atoms with E-state index in [1.165, 1.54) is 41.7 Å². The van der Waals surface area contributed by atoms with Gasteiger partial charge in [-0.3, -0.25) is 9.59 Å². The molecule has 338 valence electrons. The summed E-state index contributed by atoms with van der Waals surface area (Å²) in [5.41, 5.74) is 15.8. The van der Waals surface area contributed by atoms with Gasteiger partial charge < -0.3 is 0 Å². The first-order valence-corrected chi connectivity index (χ1v) is 25.5. The fraction of sp³-hybridized carbons (Fsp3) is 0.467. The summed E-state index contributed by atoms with van der Waals surface area (Å²) in [6.45, 7) is 21.9. The van der Waals surface area contributed by atoms with Gasteiger partial charge in [-0.2, -0.15) is 21.0 Å². The molecule has 0 radical (unpaired) electrons. The molecule has 12 unspecified atom stereocenters. The third-order valence-corrected chi connectivity index (χ3v) is 20.1. The standard InChI is InChI=1S/C30H18N4.C30H42O2S/c1-15-5-7-21-23(9-15)29(19(11-31)12-32)27-18(4)26-22-8-6-16(2)10-24(22)30(20(13-33)14-34)28(26)17(3)25(21)27;1-13-7-9-20-22(11-13)28(31)26-17(5)25-21-10-8-19(30-15(3)14(2)18(6)33-30)12-23(21)29(32)27(25)16(4)24(20)26/h5-10H,1-4H3;13,16-17,19-27H,7-12H2,1-6H3. The van der Waals surface area contributed by atoms with Crippen molar-refractivity contribution in [3.05, 3.63) is 113 Å². The van der Waals surface area contributed by atoms with E-state index in [9.17, 15) is 30.6 Å². The molecule has 0 bridgehead atoms. The van der Waals surface area contributed by atoms with Gasteiger partial charge in [0.05, 0.1) is 0 Å². The van der Waals surface area contributed by atoms with Crippen LogP contribution in [0.3, 0.4) is 0 Å². The number of carbonyl (C=O) groups excluding carboxylic acids is 2. The molecule has 1 heterocycles. The second kappa shape index (κ2) is 16.4. The van der Waals surface area contributed by atoms with Crippen molar-refractivity contribution < 1.29 is 9.59 Å². The van der Waals surface area contributed by atoms with Crippen LogP contribution in [0.2, 0.25) is 0 Å². The fourth-order valence-corrected chi connectivity index (χ4v) is 17.0. The highest BCUT2D eigenvalue weighted by Gasteiger charge is 2.66. The first kappa shape index (κ1) is 44.9. The number of fused-ring (bicyclic) bond motifs is 12. The number of nitriles is 4. The lowest BCUT2D eigenvalue weighted by molar-refractivity contribution is -0.134. The van der Waals surface area contributed by atoms with Gasteiger partial charge in [-0.15, -0.1) is 11.3 Å². The highest BCUT2D eigenvalue weighted by Crippen LogP contribution is 2.66. The van der Waals surface area contributed by atoms with Crippen molar-refractivity contribution in [1.82, 2.24) is 0 Å². The van der Waals surface area contributed by atoms with E-state index in [1.54, 1.807) is 4.88 Å². The Balaban J connectivity index is 0.000000157. The van der Waals surface area contributed by atoms with Gasteiger partial charge in [0.2, 0.25) is 0 Å². The lowest BCUT2D eigenvalue weighted by Crippen LogP contribution is -2.46. The molecule has 5 fully saturated rings. The number of aryl methyl sites for hydroxylation is 3. The number of carbonyl (C=O) groups is 2. The van der Waals surface area contributed by atoms with Gasteiger partial charge in [-0.1, -0.05) is 74.7 Å². The Hall–Kier alpha value is -5.86. The normalized spacial score (nSPS) is 30.1. The number of hydrogen-bond donors (Lipinski definition) is 0. The van der Waals surface area contributed by atoms with Crippen LogP contribution in [0.4, 0.5) is 0 Å². The van der Waals surface area contributed by atoms with E-state index in [-0.39, 0.29) is 28.9 Å². The second-order valence-corrected chi connectivity index (χ2v) is 23.0. The number of thiophene rings is 1. The minimum absolute atomic E-state index is 0.0840. The summed E-state index contributed by atoms with van der Waals surface area (Å²) >= 11 is 1.98. The van der Waals surface area contributed by atoms with E-state index in [4.69, 9.17) is 0 Å². The van der Waals surface area contributed by atoms with Gasteiger partial charge in [0.15, 0.2) is 0 Å². The Morgan fingerprint density at radius 1 is 0.537 bits per heavy atom. The number of ketones is 2. The monoisotopic (exact) mass is 900 g/mol. The molecule has 5 saturated carbocycles. The molecule has 3 aromatic carbocycles. The van der Waals surface area contributed by atoms with Crippen LogP contribution in [0.5, 0.6) is 0 Å². The maximum Gasteiger partial charge on any atom is 0.139 e. The number of nitrogens with zero attached hydrogens (tertiary/aromatic N) is 4. The summed E-state index contributed by atoms with van der Waals surface area (Å²) in [4.78, 5) is 30.8. The summed E-state index contributed by atoms with van der Waals surface area (Å²) in [6.07, 6.45) is 7.06. The van der Waals surface area contributed by atoms with Crippen LogP contribution in [-0.4, -0.2) is 11.6 Å². The van der Waals surface area contributed by atoms with Crippen molar-refractivity contribution in [2.75, 3.05) is 0 Å². The molecule has 0 N–H and O–H groups in total. The second-order valence-electron chi connectivity index (χ2n) is 21.8. The minimum atomic E-state index is 0.0840. The molecule has 0 saturated heterocycles. The van der Waals surface area contributed by atoms with Crippen LogP contribution >= 0.6 is 11.3 Å². The van der Waals surface area contributed by atoms with Gasteiger partial charge in [0.1, 0.15) is 47.0 Å². The number of rotatable bonds is 1. The van der Waals surface area contributed by atoms with Gasteiger partial charge in [-0.25, -0.2) is 0 Å². The third-order valence-electron chi connectivity index (χ3n) is 18.6. The molecule has 7 heteroatoms. The highest BCUT2D eigenvalue weighted by molar-refractivity contribution is 7.12. The van der Waals surface area contributed by atoms with Crippen molar-refractivity contribution >= 4 is 34.0 Å². The lowest BCUT2D eigenvalue weighted by Gasteiger charge is -2.48. The molecular weight excluding hydrogens is 841 g/mol. The smallest absolute Gasteiger partial charge is 0.139 e. The molecule has 0 aliphatic heterocycles. The zero-order chi connectivity index (χ0) is 47.7. The largest absolute Gasteiger partial charge is 0.299 e. The lowest BCUT2D eigenvalue weighted by atomic mass is 9.55. The Morgan fingerprint density at radius 3 is 1.42 bits per heavy atom. The SMILES string of the molecule is Cc1ccc2c(c1)C(=C(C#N)C#N)c1c(C)c3c(c(C)c1-2)C(=C(C#N)C#N)c1cc(C)ccc1-3.Cc1sc(C2CCC3C(C2)C(=O)C2C(C)C4C5CCC(C)CC5C(=O)C4C(C)C32)c(C)c1C. The molecule has 67 heavy (non-hydrogen) atoms. The van der Waals surface area contributed by atoms with Gasteiger partial charge in [-0.05, 0) is 195 Å². The topological polar surface area (TPSA) is 129 Å². The Bertz CT molecular complexity index is 2950. The van der Waals surface area contributed by atoms with Crippen LogP contribution in [0.1, 0.15) is 131 Å². The van der Waals surface area contributed by atoms with Crippen LogP contribution in [0.15, 0.2) is 47.5 Å². The van der Waals surface area contributed by atoms with Crippen LogP contribution < -0.4 is 0 Å². The summed E-state index contributed by atoms with van der Waals surface area (Å²) < 4.78 is 0. The highest BCUT2D eigenvalue weighted by atomic mass is 32.1. The first-order valence-electron chi connectivity index (χ1n) is 24.7. The maximum atomic E-state index is 14.1. The number of benzene rings is 3. The maximum absolute atomic E-state index is 14.1. The third kappa shape index (κ3) is 6.41. The Morgan fingerprint density at radius 2 is 0.985 bits per heavy atom. The Labute approximate surface area is 401 Å². The minimum Gasteiger partial charge on any atom is -0.299 e. The van der Waals surface area contributed by atoms with E-state index < -0.39 is 0 Å². The van der Waals surface area contributed by atoms with E-state index in [1.807, 2.05) is 75.4 Å².